The minimum atomic E-state index is -4.52. The number of alkyl halides is 3. The maximum absolute atomic E-state index is 12.6. The molecule has 1 amide bonds. The average Bonchev–Trinajstić information content (AvgIpc) is 3.04. The van der Waals surface area contributed by atoms with E-state index in [1.54, 1.807) is 24.5 Å². The summed E-state index contributed by atoms with van der Waals surface area (Å²) in [4.78, 5) is 24.4. The number of amides is 1. The molecule has 1 N–H and O–H groups in total. The average molecular weight is 447 g/mol. The molecule has 0 aliphatic carbocycles. The number of nitrogens with zero attached hydrogens (tertiary/aromatic N) is 3. The van der Waals surface area contributed by atoms with Crippen LogP contribution in [0.15, 0.2) is 36.8 Å². The Kier molecular flexibility index (Phi) is 6.17. The van der Waals surface area contributed by atoms with Crippen molar-refractivity contribution < 1.29 is 18.0 Å². The third kappa shape index (κ3) is 4.78. The lowest BCUT2D eigenvalue weighted by atomic mass is 10.2. The summed E-state index contributed by atoms with van der Waals surface area (Å²) in [6.07, 6.45) is -0.419. The zero-order valence-corrected chi connectivity index (χ0v) is 16.3. The van der Waals surface area contributed by atoms with Crippen molar-refractivity contribution in [2.24, 2.45) is 0 Å². The molecular formula is C17H11Cl2F3N4OS. The van der Waals surface area contributed by atoms with E-state index in [4.69, 9.17) is 23.2 Å². The van der Waals surface area contributed by atoms with Gasteiger partial charge in [0.2, 0.25) is 0 Å². The van der Waals surface area contributed by atoms with Gasteiger partial charge < -0.3 is 5.32 Å². The van der Waals surface area contributed by atoms with Gasteiger partial charge in [0.15, 0.2) is 5.15 Å². The van der Waals surface area contributed by atoms with Crippen LogP contribution in [0.4, 0.5) is 13.2 Å². The number of rotatable bonds is 5. The van der Waals surface area contributed by atoms with Crippen molar-refractivity contribution >= 4 is 40.4 Å². The van der Waals surface area contributed by atoms with Crippen LogP contribution >= 0.6 is 34.5 Å². The number of nitrogens with one attached hydrogen (secondary N) is 1. The van der Waals surface area contributed by atoms with E-state index in [1.165, 1.54) is 0 Å². The van der Waals surface area contributed by atoms with E-state index in [0.29, 0.717) is 11.2 Å². The molecule has 0 saturated carbocycles. The largest absolute Gasteiger partial charge is 0.417 e. The monoisotopic (exact) mass is 446 g/mol. The predicted molar refractivity (Wildman–Crippen MR) is 101 cm³/mol. The van der Waals surface area contributed by atoms with Gasteiger partial charge in [-0.15, -0.1) is 11.3 Å². The highest BCUT2D eigenvalue weighted by atomic mass is 35.5. The van der Waals surface area contributed by atoms with Crippen LogP contribution in [-0.2, 0) is 12.6 Å². The maximum Gasteiger partial charge on any atom is 0.417 e. The molecular weight excluding hydrogens is 436 g/mol. The van der Waals surface area contributed by atoms with Crippen molar-refractivity contribution in [3.63, 3.8) is 0 Å². The predicted octanol–water partition coefficient (Wildman–Crippen LogP) is 4.90. The van der Waals surface area contributed by atoms with Crippen LogP contribution in [0.5, 0.6) is 0 Å². The minimum absolute atomic E-state index is 0.0621. The van der Waals surface area contributed by atoms with Crippen LogP contribution in [-0.4, -0.2) is 27.4 Å². The number of pyridine rings is 2. The minimum Gasteiger partial charge on any atom is -0.351 e. The molecule has 0 fully saturated rings. The summed E-state index contributed by atoms with van der Waals surface area (Å²) >= 11 is 13.0. The van der Waals surface area contributed by atoms with E-state index in [9.17, 15) is 18.0 Å². The first kappa shape index (κ1) is 20.5. The molecule has 0 aliphatic rings. The lowest BCUT2D eigenvalue weighted by Gasteiger charge is -2.09. The van der Waals surface area contributed by atoms with Crippen LogP contribution < -0.4 is 5.32 Å². The Morgan fingerprint density at radius 1 is 1.25 bits per heavy atom. The standard InChI is InChI=1S/C17H11Cl2F3N4OS/c18-11-6-10(17(20,21)22)8-25-12(11)3-5-24-15(27)13-14(19)26-16(28-13)9-2-1-4-23-7-9/h1-2,4,6-8H,3,5H2,(H,24,27). The van der Waals surface area contributed by atoms with Crippen molar-refractivity contribution in [3.05, 3.63) is 63.1 Å². The smallest absolute Gasteiger partial charge is 0.351 e. The second-order valence-electron chi connectivity index (χ2n) is 5.54. The second-order valence-corrected chi connectivity index (χ2v) is 7.30. The Bertz CT molecular complexity index is 996. The topological polar surface area (TPSA) is 67.8 Å². The van der Waals surface area contributed by atoms with E-state index >= 15 is 0 Å². The van der Waals surface area contributed by atoms with Gasteiger partial charge in [-0.3, -0.25) is 14.8 Å². The quantitative estimate of drug-likeness (QED) is 0.605. The number of carbonyl (C=O) groups is 1. The first-order valence-electron chi connectivity index (χ1n) is 7.82. The summed E-state index contributed by atoms with van der Waals surface area (Å²) in [5.41, 5.74) is 0.0558. The highest BCUT2D eigenvalue weighted by Gasteiger charge is 2.31. The molecule has 3 aromatic rings. The fourth-order valence-corrected chi connectivity index (χ4v) is 3.69. The van der Waals surface area contributed by atoms with Crippen LogP contribution in [0.25, 0.3) is 10.6 Å². The molecule has 3 rings (SSSR count). The molecule has 0 spiro atoms. The molecule has 5 nitrogen and oxygen atoms in total. The zero-order chi connectivity index (χ0) is 20.3. The fraction of sp³-hybridized carbons (Fsp3) is 0.176. The van der Waals surface area contributed by atoms with E-state index < -0.39 is 17.6 Å². The lowest BCUT2D eigenvalue weighted by Crippen LogP contribution is -2.25. The van der Waals surface area contributed by atoms with Gasteiger partial charge in [-0.25, -0.2) is 4.98 Å². The Labute approximate surface area is 171 Å². The third-order valence-corrected chi connectivity index (χ3v) is 5.41. The molecule has 28 heavy (non-hydrogen) atoms. The molecule has 0 aliphatic heterocycles. The molecule has 0 aromatic carbocycles. The summed E-state index contributed by atoms with van der Waals surface area (Å²) in [7, 11) is 0. The van der Waals surface area contributed by atoms with Crippen LogP contribution in [0.2, 0.25) is 10.2 Å². The third-order valence-electron chi connectivity index (χ3n) is 3.59. The van der Waals surface area contributed by atoms with Crippen molar-refractivity contribution in [1.82, 2.24) is 20.3 Å². The highest BCUT2D eigenvalue weighted by molar-refractivity contribution is 7.17. The van der Waals surface area contributed by atoms with Gasteiger partial charge in [-0.1, -0.05) is 23.2 Å². The van der Waals surface area contributed by atoms with Gasteiger partial charge >= 0.3 is 6.18 Å². The van der Waals surface area contributed by atoms with Crippen molar-refractivity contribution in [2.75, 3.05) is 6.54 Å². The molecule has 0 bridgehead atoms. The molecule has 146 valence electrons. The number of aromatic nitrogens is 3. The number of hydrogen-bond acceptors (Lipinski definition) is 5. The number of carbonyl (C=O) groups excluding carboxylic acids is 1. The summed E-state index contributed by atoms with van der Waals surface area (Å²) < 4.78 is 37.9. The zero-order valence-electron chi connectivity index (χ0n) is 13.9. The summed E-state index contributed by atoms with van der Waals surface area (Å²) in [5.74, 6) is -0.444. The van der Waals surface area contributed by atoms with Crippen molar-refractivity contribution in [2.45, 2.75) is 12.6 Å². The van der Waals surface area contributed by atoms with Crippen LogP contribution in [0.3, 0.4) is 0 Å². The molecule has 11 heteroatoms. The van der Waals surface area contributed by atoms with Crippen LogP contribution in [0, 0.1) is 0 Å². The molecule has 0 unspecified atom stereocenters. The van der Waals surface area contributed by atoms with Gasteiger partial charge in [-0.2, -0.15) is 13.2 Å². The van der Waals surface area contributed by atoms with Crippen LogP contribution in [0.1, 0.15) is 20.9 Å². The van der Waals surface area contributed by atoms with E-state index in [1.807, 2.05) is 0 Å². The van der Waals surface area contributed by atoms with Crippen molar-refractivity contribution in [1.29, 1.82) is 0 Å². The summed E-state index contributed by atoms with van der Waals surface area (Å²) in [5, 5.41) is 3.14. The lowest BCUT2D eigenvalue weighted by molar-refractivity contribution is -0.137. The summed E-state index contributed by atoms with van der Waals surface area (Å²) in [6.45, 7) is 0.118. The first-order chi connectivity index (χ1) is 13.3. The normalized spacial score (nSPS) is 11.5. The Balaban J connectivity index is 1.63. The van der Waals surface area contributed by atoms with Gasteiger partial charge in [-0.05, 0) is 18.2 Å². The highest BCUT2D eigenvalue weighted by Crippen LogP contribution is 2.32. The molecule has 3 aromatic heterocycles. The fourth-order valence-electron chi connectivity index (χ4n) is 2.23. The van der Waals surface area contributed by atoms with Gasteiger partial charge in [0.05, 0.1) is 16.3 Å². The molecule has 0 atom stereocenters. The number of thiazole rings is 1. The first-order valence-corrected chi connectivity index (χ1v) is 9.39. The van der Waals surface area contributed by atoms with Crippen molar-refractivity contribution in [3.8, 4) is 10.6 Å². The Morgan fingerprint density at radius 3 is 2.68 bits per heavy atom. The second kappa shape index (κ2) is 8.42. The van der Waals surface area contributed by atoms with E-state index in [0.717, 1.165) is 23.0 Å². The van der Waals surface area contributed by atoms with Gasteiger partial charge in [0.25, 0.3) is 5.91 Å². The molecule has 0 radical (unpaired) electrons. The van der Waals surface area contributed by atoms with E-state index in [2.05, 4.69) is 20.3 Å². The molecule has 3 heterocycles. The molecule has 0 saturated heterocycles. The summed E-state index contributed by atoms with van der Waals surface area (Å²) in [6, 6.07) is 4.35. The number of halogens is 5. The maximum atomic E-state index is 12.6. The van der Waals surface area contributed by atoms with E-state index in [-0.39, 0.29) is 33.7 Å². The number of hydrogen-bond donors (Lipinski definition) is 1. The Hall–Kier alpha value is -2.23. The SMILES string of the molecule is O=C(NCCc1ncc(C(F)(F)F)cc1Cl)c1sc(-c2cccnc2)nc1Cl. The Morgan fingerprint density at radius 2 is 2.04 bits per heavy atom. The van der Waals surface area contributed by atoms with Gasteiger partial charge in [0.1, 0.15) is 9.88 Å². The van der Waals surface area contributed by atoms with Gasteiger partial charge in [0, 0.05) is 37.1 Å².